The van der Waals surface area contributed by atoms with E-state index in [1.54, 1.807) is 0 Å². The first-order valence-electron chi connectivity index (χ1n) is 4.68. The van der Waals surface area contributed by atoms with E-state index in [4.69, 9.17) is 10.5 Å². The molecule has 0 radical (unpaired) electrons. The Morgan fingerprint density at radius 2 is 2.46 bits per heavy atom. The van der Waals surface area contributed by atoms with Crippen molar-refractivity contribution in [1.29, 1.82) is 0 Å². The van der Waals surface area contributed by atoms with Crippen molar-refractivity contribution in [3.63, 3.8) is 0 Å². The van der Waals surface area contributed by atoms with Gasteiger partial charge in [-0.3, -0.25) is 4.79 Å². The summed E-state index contributed by atoms with van der Waals surface area (Å²) >= 11 is 0. The number of nitrogens with two attached hydrogens (primary N) is 1. The number of rotatable bonds is 3. The lowest BCUT2D eigenvalue weighted by Gasteiger charge is -2.25. The highest BCUT2D eigenvalue weighted by Crippen LogP contribution is 2.22. The molecule has 1 saturated heterocycles. The summed E-state index contributed by atoms with van der Waals surface area (Å²) < 4.78 is 4.72. The molecule has 2 atom stereocenters. The first kappa shape index (κ1) is 10.5. The second-order valence-electron chi connectivity index (χ2n) is 3.56. The van der Waals surface area contributed by atoms with Gasteiger partial charge in [-0.1, -0.05) is 0 Å². The second kappa shape index (κ2) is 4.58. The fourth-order valence-electron chi connectivity index (χ4n) is 2.01. The summed E-state index contributed by atoms with van der Waals surface area (Å²) in [4.78, 5) is 13.5. The van der Waals surface area contributed by atoms with Crippen LogP contribution < -0.4 is 5.73 Å². The fourth-order valence-corrected chi connectivity index (χ4v) is 2.01. The van der Waals surface area contributed by atoms with E-state index in [0.29, 0.717) is 6.54 Å². The molecule has 2 N–H and O–H groups in total. The number of likely N-dealkylation sites (tertiary alicyclic amines) is 1. The third-order valence-electron chi connectivity index (χ3n) is 2.80. The maximum absolute atomic E-state index is 11.3. The van der Waals surface area contributed by atoms with Gasteiger partial charge in [0.1, 0.15) is 0 Å². The predicted molar refractivity (Wildman–Crippen MR) is 50.2 cm³/mol. The Morgan fingerprint density at radius 1 is 1.77 bits per heavy atom. The molecule has 0 bridgehead atoms. The van der Waals surface area contributed by atoms with Gasteiger partial charge >= 0.3 is 5.97 Å². The van der Waals surface area contributed by atoms with Crippen LogP contribution in [0, 0.1) is 5.92 Å². The van der Waals surface area contributed by atoms with Crippen LogP contribution in [-0.2, 0) is 9.53 Å². The molecule has 0 aromatic heterocycles. The second-order valence-corrected chi connectivity index (χ2v) is 3.56. The smallest absolute Gasteiger partial charge is 0.311 e. The molecule has 1 fully saturated rings. The molecule has 0 saturated carbocycles. The van der Waals surface area contributed by atoms with E-state index in [0.717, 1.165) is 19.4 Å². The molecule has 1 aliphatic rings. The highest BCUT2D eigenvalue weighted by Gasteiger charge is 2.33. The summed E-state index contributed by atoms with van der Waals surface area (Å²) in [5, 5.41) is 0. The molecule has 1 rings (SSSR count). The third kappa shape index (κ3) is 2.19. The minimum atomic E-state index is -0.179. The van der Waals surface area contributed by atoms with Gasteiger partial charge in [-0.25, -0.2) is 0 Å². The zero-order valence-electron chi connectivity index (χ0n) is 8.32. The highest BCUT2D eigenvalue weighted by atomic mass is 16.5. The van der Waals surface area contributed by atoms with E-state index in [9.17, 15) is 4.79 Å². The molecule has 0 spiro atoms. The van der Waals surface area contributed by atoms with Gasteiger partial charge in [-0.2, -0.15) is 0 Å². The van der Waals surface area contributed by atoms with Crippen molar-refractivity contribution in [1.82, 2.24) is 4.90 Å². The minimum Gasteiger partial charge on any atom is -0.469 e. The Bertz CT molecular complexity index is 184. The monoisotopic (exact) mass is 186 g/mol. The Balaban J connectivity index is 2.59. The van der Waals surface area contributed by atoms with Crippen LogP contribution in [0.3, 0.4) is 0 Å². The van der Waals surface area contributed by atoms with Crippen LogP contribution in [0.2, 0.25) is 0 Å². The lowest BCUT2D eigenvalue weighted by molar-refractivity contribution is -0.147. The van der Waals surface area contributed by atoms with Gasteiger partial charge in [0.25, 0.3) is 0 Å². The standard InChI is InChI=1S/C9H18N2O2/c1-11-5-3-4-8(11)7(6-10)9(12)13-2/h7-8H,3-6,10H2,1-2H3. The van der Waals surface area contributed by atoms with Crippen molar-refractivity contribution in [2.75, 3.05) is 27.2 Å². The van der Waals surface area contributed by atoms with Crippen LogP contribution in [0.5, 0.6) is 0 Å². The largest absolute Gasteiger partial charge is 0.469 e. The molecule has 76 valence electrons. The van der Waals surface area contributed by atoms with Crippen LogP contribution in [0.4, 0.5) is 0 Å². The normalized spacial score (nSPS) is 25.9. The summed E-state index contributed by atoms with van der Waals surface area (Å²) in [6.07, 6.45) is 2.20. The van der Waals surface area contributed by atoms with Crippen LogP contribution in [0.25, 0.3) is 0 Å². The number of ether oxygens (including phenoxy) is 1. The molecule has 4 heteroatoms. The highest BCUT2D eigenvalue weighted by molar-refractivity contribution is 5.73. The van der Waals surface area contributed by atoms with Gasteiger partial charge in [-0.15, -0.1) is 0 Å². The first-order chi connectivity index (χ1) is 6.20. The van der Waals surface area contributed by atoms with E-state index in [1.165, 1.54) is 7.11 Å². The van der Waals surface area contributed by atoms with Gasteiger partial charge in [0, 0.05) is 12.6 Å². The van der Waals surface area contributed by atoms with E-state index in [1.807, 2.05) is 7.05 Å². The first-order valence-corrected chi connectivity index (χ1v) is 4.68. The van der Waals surface area contributed by atoms with Gasteiger partial charge in [0.15, 0.2) is 0 Å². The van der Waals surface area contributed by atoms with Crippen molar-refractivity contribution >= 4 is 5.97 Å². The number of methoxy groups -OCH3 is 1. The van der Waals surface area contributed by atoms with E-state index >= 15 is 0 Å². The van der Waals surface area contributed by atoms with Gasteiger partial charge in [-0.05, 0) is 26.4 Å². The number of carbonyl (C=O) groups excluding carboxylic acids is 1. The van der Waals surface area contributed by atoms with Crippen molar-refractivity contribution in [2.24, 2.45) is 11.7 Å². The summed E-state index contributed by atoms with van der Waals surface area (Å²) in [6, 6.07) is 0.275. The van der Waals surface area contributed by atoms with Crippen molar-refractivity contribution in [3.05, 3.63) is 0 Å². The van der Waals surface area contributed by atoms with Crippen molar-refractivity contribution in [3.8, 4) is 0 Å². The SMILES string of the molecule is COC(=O)C(CN)C1CCCN1C. The number of nitrogens with zero attached hydrogens (tertiary/aromatic N) is 1. The summed E-state index contributed by atoms with van der Waals surface area (Å²) in [5.41, 5.74) is 5.56. The van der Waals surface area contributed by atoms with E-state index < -0.39 is 0 Å². The zero-order valence-corrected chi connectivity index (χ0v) is 8.32. The van der Waals surface area contributed by atoms with Crippen LogP contribution in [0.15, 0.2) is 0 Å². The quantitative estimate of drug-likeness (QED) is 0.622. The Hall–Kier alpha value is -0.610. The van der Waals surface area contributed by atoms with Crippen molar-refractivity contribution in [2.45, 2.75) is 18.9 Å². The Morgan fingerprint density at radius 3 is 2.85 bits per heavy atom. The van der Waals surface area contributed by atoms with Gasteiger partial charge in [0.2, 0.25) is 0 Å². The van der Waals surface area contributed by atoms with Gasteiger partial charge in [0.05, 0.1) is 13.0 Å². The average Bonchev–Trinajstić information content (AvgIpc) is 2.53. The van der Waals surface area contributed by atoms with Crippen LogP contribution in [-0.4, -0.2) is 44.2 Å². The molecule has 0 aromatic carbocycles. The topological polar surface area (TPSA) is 55.6 Å². The molecule has 0 aliphatic carbocycles. The molecule has 4 nitrogen and oxygen atoms in total. The molecule has 1 aliphatic heterocycles. The lowest BCUT2D eigenvalue weighted by Crippen LogP contribution is -2.41. The van der Waals surface area contributed by atoms with E-state index in [2.05, 4.69) is 4.90 Å². The predicted octanol–water partition coefficient (Wildman–Crippen LogP) is -0.171. The molecule has 0 amide bonds. The van der Waals surface area contributed by atoms with Crippen LogP contribution >= 0.6 is 0 Å². The van der Waals surface area contributed by atoms with Gasteiger partial charge < -0.3 is 15.4 Å². The van der Waals surface area contributed by atoms with E-state index in [-0.39, 0.29) is 17.9 Å². The molecule has 13 heavy (non-hydrogen) atoms. The average molecular weight is 186 g/mol. The molecule has 1 heterocycles. The molecular weight excluding hydrogens is 168 g/mol. The summed E-state index contributed by atoms with van der Waals surface area (Å²) in [5.74, 6) is -0.334. The zero-order chi connectivity index (χ0) is 9.84. The number of carbonyl (C=O) groups is 1. The van der Waals surface area contributed by atoms with Crippen LogP contribution in [0.1, 0.15) is 12.8 Å². The lowest BCUT2D eigenvalue weighted by atomic mass is 9.98. The Kier molecular flexibility index (Phi) is 3.69. The molecule has 0 aromatic rings. The summed E-state index contributed by atoms with van der Waals surface area (Å²) in [7, 11) is 3.45. The maximum Gasteiger partial charge on any atom is 0.311 e. The third-order valence-corrected chi connectivity index (χ3v) is 2.80. The summed E-state index contributed by atoms with van der Waals surface area (Å²) in [6.45, 7) is 1.43. The maximum atomic E-state index is 11.3. The molecular formula is C9H18N2O2. The minimum absolute atomic E-state index is 0.155. The number of hydrogen-bond acceptors (Lipinski definition) is 4. The van der Waals surface area contributed by atoms with Crippen molar-refractivity contribution < 1.29 is 9.53 Å². The number of esters is 1. The Labute approximate surface area is 79.0 Å². The fraction of sp³-hybridized carbons (Fsp3) is 0.889. The molecule has 2 unspecified atom stereocenters. The number of hydrogen-bond donors (Lipinski definition) is 1.